The first kappa shape index (κ1) is 22.1. The second-order valence-electron chi connectivity index (χ2n) is 7.80. The average Bonchev–Trinajstić information content (AvgIpc) is 3.06. The highest BCUT2D eigenvalue weighted by Gasteiger charge is 2.16. The molecule has 1 amide bonds. The van der Waals surface area contributed by atoms with Gasteiger partial charge in [-0.2, -0.15) is 0 Å². The second-order valence-corrected chi connectivity index (χ2v) is 8.72. The van der Waals surface area contributed by atoms with Crippen molar-refractivity contribution in [2.75, 3.05) is 12.4 Å². The quantitative estimate of drug-likeness (QED) is 0.322. The topological polar surface area (TPSA) is 56.1 Å². The fourth-order valence-corrected chi connectivity index (χ4v) is 4.30. The Balaban J connectivity index is 1.55. The molecule has 0 radical (unpaired) electrons. The molecule has 0 aliphatic carbocycles. The fourth-order valence-electron chi connectivity index (χ4n) is 4.04. The molecule has 0 saturated carbocycles. The van der Waals surface area contributed by atoms with Gasteiger partial charge in [0.25, 0.3) is 0 Å². The van der Waals surface area contributed by atoms with Crippen LogP contribution in [-0.4, -0.2) is 22.6 Å². The summed E-state index contributed by atoms with van der Waals surface area (Å²) >= 11 is 3.51. The van der Waals surface area contributed by atoms with E-state index in [1.807, 2.05) is 18.2 Å². The van der Waals surface area contributed by atoms with Crippen LogP contribution < -0.4 is 10.1 Å². The van der Waals surface area contributed by atoms with Crippen LogP contribution in [0.5, 0.6) is 5.75 Å². The third kappa shape index (κ3) is 5.02. The zero-order chi connectivity index (χ0) is 22.5. The molecular weight excluding hydrogens is 466 g/mol. The number of aromatic nitrogens is 2. The van der Waals surface area contributed by atoms with Crippen LogP contribution in [0.1, 0.15) is 29.7 Å². The Bertz CT molecular complexity index is 1220. The number of nitrogens with one attached hydrogen (secondary N) is 1. The molecular formula is C26H26BrN3O2. The molecule has 0 aliphatic rings. The van der Waals surface area contributed by atoms with Gasteiger partial charge in [0.15, 0.2) is 0 Å². The number of aryl methyl sites for hydroxylation is 1. The van der Waals surface area contributed by atoms with Gasteiger partial charge in [0.2, 0.25) is 5.91 Å². The normalized spacial score (nSPS) is 11.0. The molecule has 2 heterocycles. The van der Waals surface area contributed by atoms with E-state index < -0.39 is 0 Å². The number of amides is 1. The summed E-state index contributed by atoms with van der Waals surface area (Å²) in [5.74, 6) is 0.848. The monoisotopic (exact) mass is 491 g/mol. The SMILES string of the molecule is COc1ccc2c(c1)c(CCCC(=O)Nc1cccnc1)c(C)n2Cc1ccc(Br)cc1. The van der Waals surface area contributed by atoms with Crippen molar-refractivity contribution in [3.8, 4) is 5.75 Å². The first-order chi connectivity index (χ1) is 15.5. The molecule has 32 heavy (non-hydrogen) atoms. The summed E-state index contributed by atoms with van der Waals surface area (Å²) in [5.41, 5.74) is 5.64. The predicted molar refractivity (Wildman–Crippen MR) is 132 cm³/mol. The van der Waals surface area contributed by atoms with E-state index in [-0.39, 0.29) is 5.91 Å². The highest BCUT2D eigenvalue weighted by atomic mass is 79.9. The van der Waals surface area contributed by atoms with E-state index in [0.717, 1.165) is 35.3 Å². The lowest BCUT2D eigenvalue weighted by molar-refractivity contribution is -0.116. The molecule has 0 aliphatic heterocycles. The van der Waals surface area contributed by atoms with Crippen molar-refractivity contribution in [1.29, 1.82) is 0 Å². The Hall–Kier alpha value is -3.12. The maximum atomic E-state index is 12.4. The third-order valence-corrected chi connectivity index (χ3v) is 6.22. The van der Waals surface area contributed by atoms with E-state index >= 15 is 0 Å². The van der Waals surface area contributed by atoms with Crippen molar-refractivity contribution in [3.63, 3.8) is 0 Å². The van der Waals surface area contributed by atoms with Crippen molar-refractivity contribution in [1.82, 2.24) is 9.55 Å². The maximum absolute atomic E-state index is 12.4. The number of carbonyl (C=O) groups is 1. The molecule has 0 spiro atoms. The van der Waals surface area contributed by atoms with Crippen LogP contribution in [-0.2, 0) is 17.8 Å². The highest BCUT2D eigenvalue weighted by molar-refractivity contribution is 9.10. The van der Waals surface area contributed by atoms with Crippen LogP contribution in [0.3, 0.4) is 0 Å². The molecule has 2 aromatic heterocycles. The number of hydrogen-bond acceptors (Lipinski definition) is 3. The highest BCUT2D eigenvalue weighted by Crippen LogP contribution is 2.31. The van der Waals surface area contributed by atoms with Gasteiger partial charge in [-0.25, -0.2) is 0 Å². The van der Waals surface area contributed by atoms with Gasteiger partial charge in [0.1, 0.15) is 5.75 Å². The molecule has 4 rings (SSSR count). The molecule has 6 heteroatoms. The predicted octanol–water partition coefficient (Wildman–Crippen LogP) is 6.13. The number of halogens is 1. The largest absolute Gasteiger partial charge is 0.497 e. The van der Waals surface area contributed by atoms with Gasteiger partial charge in [0.05, 0.1) is 19.0 Å². The van der Waals surface area contributed by atoms with Gasteiger partial charge in [0, 0.05) is 40.2 Å². The minimum absolute atomic E-state index is 0.00633. The van der Waals surface area contributed by atoms with E-state index in [0.29, 0.717) is 6.42 Å². The zero-order valence-electron chi connectivity index (χ0n) is 18.3. The minimum atomic E-state index is 0.00633. The van der Waals surface area contributed by atoms with Crippen LogP contribution in [0.4, 0.5) is 5.69 Å². The molecule has 4 aromatic rings. The zero-order valence-corrected chi connectivity index (χ0v) is 19.9. The molecule has 0 atom stereocenters. The maximum Gasteiger partial charge on any atom is 0.224 e. The van der Waals surface area contributed by atoms with Crippen LogP contribution in [0.2, 0.25) is 0 Å². The number of pyridine rings is 1. The molecule has 0 saturated heterocycles. The standard InChI is InChI=1S/C26H26BrN3O2/c1-18-23(6-3-7-26(31)29-21-5-4-14-28-16-21)24-15-22(32-2)12-13-25(24)30(18)17-19-8-10-20(27)11-9-19/h4-5,8-16H,3,6-7,17H2,1-2H3,(H,29,31). The summed E-state index contributed by atoms with van der Waals surface area (Å²) in [7, 11) is 1.69. The Morgan fingerprint density at radius 2 is 1.97 bits per heavy atom. The number of methoxy groups -OCH3 is 1. The Morgan fingerprint density at radius 1 is 1.16 bits per heavy atom. The number of carbonyl (C=O) groups excluding carboxylic acids is 1. The van der Waals surface area contributed by atoms with Gasteiger partial charge in [-0.1, -0.05) is 28.1 Å². The van der Waals surface area contributed by atoms with E-state index in [2.05, 4.69) is 74.1 Å². The van der Waals surface area contributed by atoms with Crippen molar-refractivity contribution in [2.45, 2.75) is 32.7 Å². The molecule has 2 aromatic carbocycles. The van der Waals surface area contributed by atoms with Crippen molar-refractivity contribution >= 4 is 38.4 Å². The first-order valence-corrected chi connectivity index (χ1v) is 11.4. The minimum Gasteiger partial charge on any atom is -0.497 e. The average molecular weight is 492 g/mol. The summed E-state index contributed by atoms with van der Waals surface area (Å²) in [6, 6.07) is 18.3. The van der Waals surface area contributed by atoms with Gasteiger partial charge in [-0.05, 0) is 73.4 Å². The molecule has 0 unspecified atom stereocenters. The van der Waals surface area contributed by atoms with E-state index in [1.54, 1.807) is 19.5 Å². The lowest BCUT2D eigenvalue weighted by Crippen LogP contribution is -2.11. The number of ether oxygens (including phenoxy) is 1. The van der Waals surface area contributed by atoms with Crippen LogP contribution in [0.25, 0.3) is 10.9 Å². The molecule has 164 valence electrons. The van der Waals surface area contributed by atoms with Gasteiger partial charge in [-0.15, -0.1) is 0 Å². The Morgan fingerprint density at radius 3 is 2.69 bits per heavy atom. The lowest BCUT2D eigenvalue weighted by atomic mass is 10.0. The molecule has 1 N–H and O–H groups in total. The molecule has 0 bridgehead atoms. The Labute approximate surface area is 196 Å². The summed E-state index contributed by atoms with van der Waals surface area (Å²) in [6.07, 6.45) is 5.39. The van der Waals surface area contributed by atoms with Gasteiger partial charge < -0.3 is 14.6 Å². The van der Waals surface area contributed by atoms with E-state index in [1.165, 1.54) is 27.7 Å². The Kier molecular flexibility index (Phi) is 6.90. The van der Waals surface area contributed by atoms with Crippen molar-refractivity contribution in [3.05, 3.63) is 88.3 Å². The summed E-state index contributed by atoms with van der Waals surface area (Å²) < 4.78 is 8.91. The number of benzene rings is 2. The fraction of sp³-hybridized carbons (Fsp3) is 0.231. The second kappa shape index (κ2) is 10.0. The number of hydrogen-bond donors (Lipinski definition) is 1. The van der Waals surface area contributed by atoms with Gasteiger partial charge >= 0.3 is 0 Å². The number of rotatable bonds is 8. The van der Waals surface area contributed by atoms with Crippen LogP contribution in [0, 0.1) is 6.92 Å². The van der Waals surface area contributed by atoms with Crippen LogP contribution >= 0.6 is 15.9 Å². The van der Waals surface area contributed by atoms with Crippen molar-refractivity contribution < 1.29 is 9.53 Å². The number of nitrogens with zero attached hydrogens (tertiary/aromatic N) is 2. The van der Waals surface area contributed by atoms with Gasteiger partial charge in [-0.3, -0.25) is 9.78 Å². The van der Waals surface area contributed by atoms with Crippen LogP contribution in [0.15, 0.2) is 71.5 Å². The lowest BCUT2D eigenvalue weighted by Gasteiger charge is -2.10. The number of anilines is 1. The molecule has 5 nitrogen and oxygen atoms in total. The first-order valence-electron chi connectivity index (χ1n) is 10.6. The number of fused-ring (bicyclic) bond motifs is 1. The van der Waals surface area contributed by atoms with E-state index in [4.69, 9.17) is 4.74 Å². The molecule has 0 fully saturated rings. The smallest absolute Gasteiger partial charge is 0.224 e. The summed E-state index contributed by atoms with van der Waals surface area (Å²) in [4.78, 5) is 16.4. The van der Waals surface area contributed by atoms with Crippen molar-refractivity contribution in [2.24, 2.45) is 0 Å². The summed E-state index contributed by atoms with van der Waals surface area (Å²) in [6.45, 7) is 2.96. The summed E-state index contributed by atoms with van der Waals surface area (Å²) in [5, 5.41) is 4.10. The third-order valence-electron chi connectivity index (χ3n) is 5.69. The van der Waals surface area contributed by atoms with E-state index in [9.17, 15) is 4.79 Å².